The second-order valence-corrected chi connectivity index (χ2v) is 7.63. The molecule has 4 rings (SSSR count). The number of aromatic nitrogens is 4. The lowest BCUT2D eigenvalue weighted by atomic mass is 9.99. The molecule has 0 aliphatic carbocycles. The Bertz CT molecular complexity index is 1160. The first kappa shape index (κ1) is 22.1. The molecule has 4 heterocycles. The van der Waals surface area contributed by atoms with Crippen molar-refractivity contribution in [3.05, 3.63) is 60.0 Å². The maximum Gasteiger partial charge on any atom is 0.335 e. The molecule has 1 N–H and O–H groups in total. The maximum absolute atomic E-state index is 13.6. The molecule has 3 aromatic rings. The molecule has 0 unspecified atom stereocenters. The second kappa shape index (κ2) is 9.60. The number of carboxylic acid groups (broad SMARTS) is 1. The summed E-state index contributed by atoms with van der Waals surface area (Å²) in [5.41, 5.74) is 0.792. The predicted octanol–water partition coefficient (Wildman–Crippen LogP) is 2.71. The number of carbonyl (C=O) groups is 2. The molecule has 1 fully saturated rings. The first-order valence-electron chi connectivity index (χ1n) is 10.5. The van der Waals surface area contributed by atoms with Gasteiger partial charge in [0.25, 0.3) is 5.91 Å². The number of likely N-dealkylation sites (tertiary alicyclic amines) is 1. The highest BCUT2D eigenvalue weighted by Gasteiger charge is 2.33. The molecule has 1 amide bonds. The molecule has 0 radical (unpaired) electrons. The fourth-order valence-electron chi connectivity index (χ4n) is 3.70. The van der Waals surface area contributed by atoms with E-state index in [9.17, 15) is 14.7 Å². The van der Waals surface area contributed by atoms with Gasteiger partial charge in [0.2, 0.25) is 11.8 Å². The molecule has 0 bridgehead atoms. The van der Waals surface area contributed by atoms with Crippen LogP contribution in [0.5, 0.6) is 11.8 Å². The van der Waals surface area contributed by atoms with Gasteiger partial charge in [0.05, 0.1) is 24.8 Å². The number of hydrogen-bond donors (Lipinski definition) is 1. The van der Waals surface area contributed by atoms with E-state index in [2.05, 4.69) is 19.9 Å². The number of ether oxygens (including phenoxy) is 2. The molecule has 1 saturated heterocycles. The molecule has 2 atom stereocenters. The molecular formula is C23H23N5O5. The summed E-state index contributed by atoms with van der Waals surface area (Å²) in [4.78, 5) is 43.6. The van der Waals surface area contributed by atoms with Crippen molar-refractivity contribution in [2.45, 2.75) is 31.9 Å². The molecule has 33 heavy (non-hydrogen) atoms. The third-order valence-electron chi connectivity index (χ3n) is 5.46. The molecule has 0 spiro atoms. The van der Waals surface area contributed by atoms with E-state index in [1.807, 2.05) is 6.92 Å². The number of carbonyl (C=O) groups excluding carboxylic acids is 1. The normalized spacial score (nSPS) is 17.9. The summed E-state index contributed by atoms with van der Waals surface area (Å²) in [5, 5.41) is 9.19. The number of aromatic carboxylic acids is 1. The van der Waals surface area contributed by atoms with Crippen LogP contribution < -0.4 is 9.47 Å². The van der Waals surface area contributed by atoms with Crippen LogP contribution in [0.3, 0.4) is 0 Å². The first-order valence-corrected chi connectivity index (χ1v) is 10.5. The van der Waals surface area contributed by atoms with E-state index in [1.165, 1.54) is 25.4 Å². The van der Waals surface area contributed by atoms with Crippen LogP contribution in [0, 0.1) is 0 Å². The highest BCUT2D eigenvalue weighted by molar-refractivity contribution is 5.99. The van der Waals surface area contributed by atoms with Crippen molar-refractivity contribution in [2.75, 3.05) is 13.7 Å². The maximum atomic E-state index is 13.6. The average Bonchev–Trinajstić information content (AvgIpc) is 2.85. The van der Waals surface area contributed by atoms with Gasteiger partial charge in [-0.15, -0.1) is 0 Å². The summed E-state index contributed by atoms with van der Waals surface area (Å²) in [6, 6.07) is 7.73. The summed E-state index contributed by atoms with van der Waals surface area (Å²) < 4.78 is 11.2. The Morgan fingerprint density at radius 3 is 2.58 bits per heavy atom. The Kier molecular flexibility index (Phi) is 6.43. The van der Waals surface area contributed by atoms with Crippen LogP contribution in [0.4, 0.5) is 0 Å². The van der Waals surface area contributed by atoms with E-state index >= 15 is 0 Å². The van der Waals surface area contributed by atoms with E-state index in [1.54, 1.807) is 35.5 Å². The van der Waals surface area contributed by atoms with Gasteiger partial charge in [-0.25, -0.2) is 24.7 Å². The molecular weight excluding hydrogens is 426 g/mol. The molecule has 3 aromatic heterocycles. The van der Waals surface area contributed by atoms with Crippen molar-refractivity contribution in [2.24, 2.45) is 0 Å². The van der Waals surface area contributed by atoms with Gasteiger partial charge in [0.15, 0.2) is 5.82 Å². The van der Waals surface area contributed by atoms with Gasteiger partial charge in [-0.1, -0.05) is 0 Å². The lowest BCUT2D eigenvalue weighted by Gasteiger charge is -2.38. The van der Waals surface area contributed by atoms with Crippen molar-refractivity contribution in [3.8, 4) is 23.3 Å². The number of methoxy groups -OCH3 is 1. The topological polar surface area (TPSA) is 128 Å². The second-order valence-electron chi connectivity index (χ2n) is 7.63. The van der Waals surface area contributed by atoms with Crippen LogP contribution in [0.1, 0.15) is 40.5 Å². The van der Waals surface area contributed by atoms with Crippen molar-refractivity contribution in [3.63, 3.8) is 0 Å². The number of rotatable bonds is 6. The molecule has 10 heteroatoms. The molecule has 0 aromatic carbocycles. The summed E-state index contributed by atoms with van der Waals surface area (Å²) in [6.07, 6.45) is 5.66. The van der Waals surface area contributed by atoms with E-state index in [0.717, 1.165) is 6.42 Å². The molecule has 170 valence electrons. The number of hydrogen-bond acceptors (Lipinski definition) is 8. The molecule has 1 aliphatic rings. The highest BCUT2D eigenvalue weighted by Crippen LogP contribution is 2.27. The van der Waals surface area contributed by atoms with E-state index in [-0.39, 0.29) is 29.5 Å². The fraction of sp³-hybridized carbons (Fsp3) is 0.304. The number of nitrogens with zero attached hydrogens (tertiary/aromatic N) is 5. The van der Waals surface area contributed by atoms with Crippen molar-refractivity contribution in [1.29, 1.82) is 0 Å². The fourth-order valence-corrected chi connectivity index (χ4v) is 3.70. The highest BCUT2D eigenvalue weighted by atomic mass is 16.5. The van der Waals surface area contributed by atoms with Crippen molar-refractivity contribution < 1.29 is 24.2 Å². The van der Waals surface area contributed by atoms with Crippen LogP contribution >= 0.6 is 0 Å². The van der Waals surface area contributed by atoms with Gasteiger partial charge in [0, 0.05) is 36.8 Å². The third kappa shape index (κ3) is 4.89. The van der Waals surface area contributed by atoms with E-state index in [0.29, 0.717) is 35.9 Å². The van der Waals surface area contributed by atoms with Crippen molar-refractivity contribution in [1.82, 2.24) is 24.8 Å². The van der Waals surface area contributed by atoms with Gasteiger partial charge in [-0.05, 0) is 38.0 Å². The van der Waals surface area contributed by atoms with Crippen molar-refractivity contribution >= 4 is 11.9 Å². The number of piperidine rings is 1. The van der Waals surface area contributed by atoms with Crippen LogP contribution in [0.2, 0.25) is 0 Å². The quantitative estimate of drug-likeness (QED) is 0.604. The Labute approximate surface area is 190 Å². The first-order chi connectivity index (χ1) is 16.0. The zero-order valence-electron chi connectivity index (χ0n) is 18.2. The Morgan fingerprint density at radius 2 is 1.85 bits per heavy atom. The van der Waals surface area contributed by atoms with Gasteiger partial charge in [0.1, 0.15) is 11.8 Å². The number of carboxylic acids is 1. The third-order valence-corrected chi connectivity index (χ3v) is 5.46. The minimum atomic E-state index is -1.06. The molecule has 1 aliphatic heterocycles. The summed E-state index contributed by atoms with van der Waals surface area (Å²) in [6.45, 7) is 2.30. The smallest absolute Gasteiger partial charge is 0.335 e. The molecule has 0 saturated carbocycles. The minimum absolute atomic E-state index is 0.0256. The predicted molar refractivity (Wildman–Crippen MR) is 117 cm³/mol. The summed E-state index contributed by atoms with van der Waals surface area (Å²) >= 11 is 0. The monoisotopic (exact) mass is 449 g/mol. The van der Waals surface area contributed by atoms with Crippen LogP contribution in [0.25, 0.3) is 11.5 Å². The SMILES string of the molecule is COc1ccc(C(=O)N2C[C@H](Oc3cc(C(=O)O)ccn3)CC[C@H]2C)c(-c2ncccn2)n1. The van der Waals surface area contributed by atoms with Gasteiger partial charge in [-0.2, -0.15) is 0 Å². The Hall–Kier alpha value is -4.08. The van der Waals surface area contributed by atoms with E-state index < -0.39 is 5.97 Å². The van der Waals surface area contributed by atoms with Gasteiger partial charge >= 0.3 is 5.97 Å². The van der Waals surface area contributed by atoms with Crippen LogP contribution in [-0.4, -0.2) is 67.6 Å². The zero-order chi connectivity index (χ0) is 23.4. The summed E-state index contributed by atoms with van der Waals surface area (Å²) in [5.74, 6) is -0.385. The number of pyridine rings is 2. The molecule has 10 nitrogen and oxygen atoms in total. The Balaban J connectivity index is 1.59. The summed E-state index contributed by atoms with van der Waals surface area (Å²) in [7, 11) is 1.50. The lowest BCUT2D eigenvalue weighted by Crippen LogP contribution is -2.49. The minimum Gasteiger partial charge on any atom is -0.481 e. The zero-order valence-corrected chi connectivity index (χ0v) is 18.2. The van der Waals surface area contributed by atoms with E-state index in [4.69, 9.17) is 9.47 Å². The standard InChI is InChI=1S/C23H23N5O5/c1-14-4-5-16(33-19-12-15(23(30)31)8-11-24-19)13-28(14)22(29)17-6-7-18(32-2)27-20(17)21-25-9-3-10-26-21/h3,6-12,14,16H,4-5,13H2,1-2H3,(H,30,31)/t14-,16-/m1/s1. The average molecular weight is 449 g/mol. The van der Waals surface area contributed by atoms with Gasteiger partial charge < -0.3 is 19.5 Å². The Morgan fingerprint density at radius 1 is 1.06 bits per heavy atom. The van der Waals surface area contributed by atoms with Gasteiger partial charge in [-0.3, -0.25) is 4.79 Å². The largest absolute Gasteiger partial charge is 0.481 e. The van der Waals surface area contributed by atoms with Crippen LogP contribution in [-0.2, 0) is 0 Å². The number of amides is 1. The lowest BCUT2D eigenvalue weighted by molar-refractivity contribution is 0.0373. The van der Waals surface area contributed by atoms with Crippen LogP contribution in [0.15, 0.2) is 48.9 Å².